The molecule has 0 aliphatic carbocycles. The molecule has 28 heavy (non-hydrogen) atoms. The van der Waals surface area contributed by atoms with Gasteiger partial charge in [0.25, 0.3) is 0 Å². The molecule has 2 heterocycles. The van der Waals surface area contributed by atoms with Crippen molar-refractivity contribution in [3.8, 4) is 11.1 Å². The van der Waals surface area contributed by atoms with E-state index in [2.05, 4.69) is 23.2 Å². The molecule has 1 aliphatic rings. The molecule has 1 aromatic carbocycles. The fraction of sp³-hybridized carbons (Fsp3) is 0.435. The van der Waals surface area contributed by atoms with Crippen LogP contribution in [0.3, 0.4) is 0 Å². The van der Waals surface area contributed by atoms with Gasteiger partial charge in [0.15, 0.2) is 0 Å². The van der Waals surface area contributed by atoms with Crippen LogP contribution in [0.1, 0.15) is 32.8 Å². The Balaban J connectivity index is 1.92. The molecule has 1 atom stereocenters. The molecule has 3 rings (SSSR count). The van der Waals surface area contributed by atoms with Gasteiger partial charge in [0.1, 0.15) is 0 Å². The average molecular weight is 380 g/mol. The molecular weight excluding hydrogens is 350 g/mol. The van der Waals surface area contributed by atoms with Crippen molar-refractivity contribution in [3.63, 3.8) is 0 Å². The lowest BCUT2D eigenvalue weighted by Crippen LogP contribution is -2.47. The van der Waals surface area contributed by atoms with E-state index in [9.17, 15) is 9.59 Å². The van der Waals surface area contributed by atoms with Crippen molar-refractivity contribution in [2.75, 3.05) is 26.2 Å². The summed E-state index contributed by atoms with van der Waals surface area (Å²) in [5, 5.41) is 0. The molecule has 5 nitrogen and oxygen atoms in total. The number of rotatable bonds is 6. The maximum absolute atomic E-state index is 13.4. The van der Waals surface area contributed by atoms with Gasteiger partial charge in [-0.1, -0.05) is 30.3 Å². The lowest BCUT2D eigenvalue weighted by molar-refractivity contribution is -0.141. The predicted molar refractivity (Wildman–Crippen MR) is 111 cm³/mol. The van der Waals surface area contributed by atoms with E-state index in [4.69, 9.17) is 0 Å². The van der Waals surface area contributed by atoms with Crippen LogP contribution >= 0.6 is 0 Å². The summed E-state index contributed by atoms with van der Waals surface area (Å²) in [6.07, 6.45) is 4.96. The number of hydrogen-bond acceptors (Lipinski definition) is 3. The van der Waals surface area contributed by atoms with E-state index in [1.807, 2.05) is 48.0 Å². The van der Waals surface area contributed by atoms with Crippen LogP contribution in [-0.4, -0.2) is 52.8 Å². The number of carbonyl (C=O) groups is 2. The Morgan fingerprint density at radius 3 is 2.50 bits per heavy atom. The number of benzene rings is 1. The summed E-state index contributed by atoms with van der Waals surface area (Å²) in [5.74, 6) is 0.200. The zero-order valence-electron chi connectivity index (χ0n) is 17.0. The summed E-state index contributed by atoms with van der Waals surface area (Å²) in [4.78, 5) is 33.3. The van der Waals surface area contributed by atoms with Crippen molar-refractivity contribution in [1.29, 1.82) is 0 Å². The molecule has 5 heteroatoms. The molecular formula is C23H29N3O2. The van der Waals surface area contributed by atoms with Gasteiger partial charge >= 0.3 is 0 Å². The van der Waals surface area contributed by atoms with Gasteiger partial charge in [0.05, 0.1) is 5.41 Å². The molecule has 0 bridgehead atoms. The highest BCUT2D eigenvalue weighted by Crippen LogP contribution is 2.37. The van der Waals surface area contributed by atoms with Crippen molar-refractivity contribution < 1.29 is 9.59 Å². The van der Waals surface area contributed by atoms with Crippen molar-refractivity contribution >= 4 is 11.8 Å². The molecule has 2 aromatic rings. The second-order valence-electron chi connectivity index (χ2n) is 7.57. The Bertz CT molecular complexity index is 833. The van der Waals surface area contributed by atoms with Crippen LogP contribution in [-0.2, 0) is 16.0 Å². The van der Waals surface area contributed by atoms with Crippen LogP contribution < -0.4 is 0 Å². The minimum Gasteiger partial charge on any atom is -0.343 e. The van der Waals surface area contributed by atoms with E-state index in [0.717, 1.165) is 16.7 Å². The molecule has 0 N–H and O–H groups in total. The zero-order chi connectivity index (χ0) is 20.1. The summed E-state index contributed by atoms with van der Waals surface area (Å²) in [6.45, 7) is 8.12. The summed E-state index contributed by atoms with van der Waals surface area (Å²) < 4.78 is 0. The van der Waals surface area contributed by atoms with Gasteiger partial charge in [-0.05, 0) is 49.4 Å². The van der Waals surface area contributed by atoms with Gasteiger partial charge in [-0.15, -0.1) is 0 Å². The summed E-state index contributed by atoms with van der Waals surface area (Å²) in [7, 11) is 0. The highest BCUT2D eigenvalue weighted by atomic mass is 16.2. The Kier molecular flexibility index (Phi) is 6.12. The first-order valence-electron chi connectivity index (χ1n) is 10.0. The molecule has 2 amide bonds. The topological polar surface area (TPSA) is 53.5 Å². The lowest BCUT2D eigenvalue weighted by atomic mass is 9.79. The standard InChI is InChI=1S/C23H29N3O2/c1-4-25(5-2)22(28)23(11-13-26(17-23)18(3)27)15-19-8-6-9-20(14-19)21-10-7-12-24-16-21/h6-10,12,14,16H,4-5,11,13,15,17H2,1-3H3/t23-/m0/s1. The van der Waals surface area contributed by atoms with E-state index >= 15 is 0 Å². The first kappa shape index (κ1) is 20.1. The van der Waals surface area contributed by atoms with Crippen LogP contribution in [0.5, 0.6) is 0 Å². The predicted octanol–water partition coefficient (Wildman–Crippen LogP) is 3.40. The highest BCUT2D eigenvalue weighted by Gasteiger charge is 2.46. The molecule has 1 fully saturated rings. The van der Waals surface area contributed by atoms with Crippen LogP contribution in [0.2, 0.25) is 0 Å². The fourth-order valence-electron chi connectivity index (χ4n) is 4.17. The van der Waals surface area contributed by atoms with Crippen molar-refractivity contribution in [2.45, 2.75) is 33.6 Å². The summed E-state index contributed by atoms with van der Waals surface area (Å²) in [6, 6.07) is 12.3. The van der Waals surface area contributed by atoms with Crippen LogP contribution in [0.25, 0.3) is 11.1 Å². The van der Waals surface area contributed by atoms with Crippen LogP contribution in [0, 0.1) is 5.41 Å². The number of amides is 2. The van der Waals surface area contributed by atoms with Crippen LogP contribution in [0.4, 0.5) is 0 Å². The molecule has 148 valence electrons. The molecule has 1 aliphatic heterocycles. The third kappa shape index (κ3) is 4.08. The Hall–Kier alpha value is -2.69. The third-order valence-corrected chi connectivity index (χ3v) is 5.77. The number of aromatic nitrogens is 1. The molecule has 0 radical (unpaired) electrons. The monoisotopic (exact) mass is 379 g/mol. The van der Waals surface area contributed by atoms with E-state index in [1.165, 1.54) is 0 Å². The van der Waals surface area contributed by atoms with E-state index in [1.54, 1.807) is 13.1 Å². The normalized spacial score (nSPS) is 18.9. The maximum Gasteiger partial charge on any atom is 0.230 e. The van der Waals surface area contributed by atoms with E-state index < -0.39 is 5.41 Å². The minimum absolute atomic E-state index is 0.0401. The Labute approximate surface area is 167 Å². The molecule has 1 saturated heterocycles. The molecule has 0 spiro atoms. The first-order chi connectivity index (χ1) is 13.5. The van der Waals surface area contributed by atoms with E-state index in [0.29, 0.717) is 39.0 Å². The van der Waals surface area contributed by atoms with Gasteiger partial charge in [-0.3, -0.25) is 14.6 Å². The van der Waals surface area contributed by atoms with Gasteiger partial charge in [-0.2, -0.15) is 0 Å². The van der Waals surface area contributed by atoms with Gasteiger partial charge < -0.3 is 9.80 Å². The zero-order valence-corrected chi connectivity index (χ0v) is 17.0. The number of hydrogen-bond donors (Lipinski definition) is 0. The second-order valence-corrected chi connectivity index (χ2v) is 7.57. The Morgan fingerprint density at radius 1 is 1.14 bits per heavy atom. The average Bonchev–Trinajstić information content (AvgIpc) is 3.15. The minimum atomic E-state index is -0.550. The van der Waals surface area contributed by atoms with Gasteiger partial charge in [0, 0.05) is 45.5 Å². The van der Waals surface area contributed by atoms with Gasteiger partial charge in [0.2, 0.25) is 11.8 Å². The number of likely N-dealkylation sites (tertiary alicyclic amines) is 1. The highest BCUT2D eigenvalue weighted by molar-refractivity contribution is 5.85. The number of nitrogens with zero attached hydrogens (tertiary/aromatic N) is 3. The molecule has 1 aromatic heterocycles. The fourth-order valence-corrected chi connectivity index (χ4v) is 4.17. The largest absolute Gasteiger partial charge is 0.343 e. The molecule has 0 unspecified atom stereocenters. The lowest BCUT2D eigenvalue weighted by Gasteiger charge is -2.33. The third-order valence-electron chi connectivity index (χ3n) is 5.77. The smallest absolute Gasteiger partial charge is 0.230 e. The van der Waals surface area contributed by atoms with Crippen LogP contribution in [0.15, 0.2) is 48.8 Å². The van der Waals surface area contributed by atoms with Crippen molar-refractivity contribution in [2.24, 2.45) is 5.41 Å². The van der Waals surface area contributed by atoms with Crippen molar-refractivity contribution in [3.05, 3.63) is 54.4 Å². The van der Waals surface area contributed by atoms with Gasteiger partial charge in [-0.25, -0.2) is 0 Å². The summed E-state index contributed by atoms with van der Waals surface area (Å²) >= 11 is 0. The van der Waals surface area contributed by atoms with E-state index in [-0.39, 0.29) is 11.8 Å². The Morgan fingerprint density at radius 2 is 1.89 bits per heavy atom. The number of carbonyl (C=O) groups excluding carboxylic acids is 2. The molecule has 0 saturated carbocycles. The maximum atomic E-state index is 13.4. The number of pyridine rings is 1. The van der Waals surface area contributed by atoms with Crippen molar-refractivity contribution in [1.82, 2.24) is 14.8 Å². The first-order valence-corrected chi connectivity index (χ1v) is 10.0. The SMILES string of the molecule is CCN(CC)C(=O)[C@]1(Cc2cccc(-c3cccnc3)c2)CCN(C(C)=O)C1. The second kappa shape index (κ2) is 8.55. The summed E-state index contributed by atoms with van der Waals surface area (Å²) in [5.41, 5.74) is 2.72. The quantitative estimate of drug-likeness (QED) is 0.773.